The topological polar surface area (TPSA) is 113 Å². The molecule has 0 saturated heterocycles. The SMILES string of the molecule is C[C@H](NC(=O)c1ccc2c(c1)CCCCN2Cc1ccccc1-c1ccc(C(=O)O)cc1)c1ccc(C[N+](=O)[O-])cc1. The van der Waals surface area contributed by atoms with E-state index in [2.05, 4.69) is 22.3 Å². The zero-order valence-corrected chi connectivity index (χ0v) is 23.5. The second-order valence-electron chi connectivity index (χ2n) is 10.7. The van der Waals surface area contributed by atoms with Gasteiger partial charge in [0.25, 0.3) is 5.91 Å². The lowest BCUT2D eigenvalue weighted by atomic mass is 9.97. The first-order chi connectivity index (χ1) is 20.3. The van der Waals surface area contributed by atoms with Crippen LogP contribution in [0.2, 0.25) is 0 Å². The number of nitro groups is 1. The van der Waals surface area contributed by atoms with Crippen molar-refractivity contribution in [2.45, 2.75) is 45.3 Å². The first-order valence-corrected chi connectivity index (χ1v) is 14.1. The van der Waals surface area contributed by atoms with Crippen LogP contribution < -0.4 is 10.2 Å². The van der Waals surface area contributed by atoms with Crippen LogP contribution in [0.15, 0.2) is 91.0 Å². The molecule has 0 aliphatic carbocycles. The molecule has 1 heterocycles. The van der Waals surface area contributed by atoms with Gasteiger partial charge in [0.05, 0.1) is 11.6 Å². The Balaban J connectivity index is 1.33. The number of carbonyl (C=O) groups is 2. The number of aromatic carboxylic acids is 1. The van der Waals surface area contributed by atoms with Gasteiger partial charge in [0.15, 0.2) is 0 Å². The average Bonchev–Trinajstić information content (AvgIpc) is 3.19. The maximum absolute atomic E-state index is 13.2. The number of benzene rings is 4. The molecule has 1 amide bonds. The summed E-state index contributed by atoms with van der Waals surface area (Å²) in [6.45, 7) is 3.27. The minimum absolute atomic E-state index is 0.161. The molecule has 5 rings (SSSR count). The van der Waals surface area contributed by atoms with Crippen LogP contribution in [0.1, 0.15) is 68.8 Å². The third-order valence-electron chi connectivity index (χ3n) is 7.77. The zero-order chi connectivity index (χ0) is 29.6. The summed E-state index contributed by atoms with van der Waals surface area (Å²) in [6, 6.07) is 27.9. The van der Waals surface area contributed by atoms with Crippen LogP contribution in [0.3, 0.4) is 0 Å². The molecule has 4 aromatic carbocycles. The van der Waals surface area contributed by atoms with Gasteiger partial charge in [0, 0.05) is 34.8 Å². The van der Waals surface area contributed by atoms with Crippen LogP contribution >= 0.6 is 0 Å². The van der Waals surface area contributed by atoms with E-state index in [1.807, 2.05) is 61.5 Å². The Morgan fingerprint density at radius 1 is 0.952 bits per heavy atom. The molecule has 1 aliphatic rings. The Morgan fingerprint density at radius 2 is 1.67 bits per heavy atom. The van der Waals surface area contributed by atoms with Crippen LogP contribution in [0, 0.1) is 10.1 Å². The maximum atomic E-state index is 13.2. The monoisotopic (exact) mass is 563 g/mol. The Labute approximate surface area is 244 Å². The third-order valence-corrected chi connectivity index (χ3v) is 7.77. The number of nitrogens with zero attached hydrogens (tertiary/aromatic N) is 2. The number of fused-ring (bicyclic) bond motifs is 1. The van der Waals surface area contributed by atoms with Crippen LogP contribution in [-0.2, 0) is 19.5 Å². The van der Waals surface area contributed by atoms with Crippen molar-refractivity contribution >= 4 is 17.6 Å². The summed E-state index contributed by atoms with van der Waals surface area (Å²) in [5.74, 6) is -1.10. The van der Waals surface area contributed by atoms with Crippen molar-refractivity contribution in [3.05, 3.63) is 134 Å². The predicted octanol–water partition coefficient (Wildman–Crippen LogP) is 6.66. The lowest BCUT2D eigenvalue weighted by molar-refractivity contribution is -0.496. The highest BCUT2D eigenvalue weighted by molar-refractivity contribution is 5.95. The predicted molar refractivity (Wildman–Crippen MR) is 162 cm³/mol. The highest BCUT2D eigenvalue weighted by Crippen LogP contribution is 2.32. The van der Waals surface area contributed by atoms with Crippen LogP contribution in [0.25, 0.3) is 11.1 Å². The number of carboxylic acids is 1. The normalized spacial score (nSPS) is 13.5. The van der Waals surface area contributed by atoms with Gasteiger partial charge < -0.3 is 15.3 Å². The quantitative estimate of drug-likeness (QED) is 0.174. The molecule has 0 spiro atoms. The summed E-state index contributed by atoms with van der Waals surface area (Å²) in [5, 5.41) is 23.1. The Morgan fingerprint density at radius 3 is 2.38 bits per heavy atom. The number of amides is 1. The Hall–Kier alpha value is -4.98. The van der Waals surface area contributed by atoms with Crippen molar-refractivity contribution < 1.29 is 19.6 Å². The largest absolute Gasteiger partial charge is 0.478 e. The average molecular weight is 564 g/mol. The number of hydrogen-bond acceptors (Lipinski definition) is 5. The second kappa shape index (κ2) is 12.7. The lowest BCUT2D eigenvalue weighted by Crippen LogP contribution is -2.27. The minimum Gasteiger partial charge on any atom is -0.478 e. The highest BCUT2D eigenvalue weighted by atomic mass is 16.6. The molecule has 0 unspecified atom stereocenters. The molecule has 1 aliphatic heterocycles. The van der Waals surface area contributed by atoms with E-state index in [0.717, 1.165) is 59.3 Å². The van der Waals surface area contributed by atoms with Gasteiger partial charge >= 0.3 is 5.97 Å². The number of anilines is 1. The number of rotatable bonds is 9. The van der Waals surface area contributed by atoms with Gasteiger partial charge in [-0.05, 0) is 84.3 Å². The molecule has 42 heavy (non-hydrogen) atoms. The zero-order valence-electron chi connectivity index (χ0n) is 23.5. The highest BCUT2D eigenvalue weighted by Gasteiger charge is 2.20. The molecule has 8 heteroatoms. The molecule has 0 bridgehead atoms. The van der Waals surface area contributed by atoms with E-state index in [0.29, 0.717) is 17.7 Å². The summed E-state index contributed by atoms with van der Waals surface area (Å²) in [5.41, 5.74) is 7.81. The summed E-state index contributed by atoms with van der Waals surface area (Å²) >= 11 is 0. The number of aryl methyl sites for hydroxylation is 1. The van der Waals surface area contributed by atoms with E-state index in [1.54, 1.807) is 24.3 Å². The van der Waals surface area contributed by atoms with Crippen molar-refractivity contribution in [2.75, 3.05) is 11.4 Å². The molecule has 4 aromatic rings. The van der Waals surface area contributed by atoms with E-state index in [1.165, 1.54) is 0 Å². The molecular formula is C34H33N3O5. The van der Waals surface area contributed by atoms with E-state index >= 15 is 0 Å². The van der Waals surface area contributed by atoms with Gasteiger partial charge in [-0.25, -0.2) is 4.79 Å². The van der Waals surface area contributed by atoms with Gasteiger partial charge in [-0.15, -0.1) is 0 Å². The van der Waals surface area contributed by atoms with Gasteiger partial charge in [-0.1, -0.05) is 60.7 Å². The fourth-order valence-electron chi connectivity index (χ4n) is 5.50. The first-order valence-electron chi connectivity index (χ1n) is 14.1. The van der Waals surface area contributed by atoms with Crippen molar-refractivity contribution in [1.29, 1.82) is 0 Å². The second-order valence-corrected chi connectivity index (χ2v) is 10.7. The molecule has 0 saturated carbocycles. The van der Waals surface area contributed by atoms with Gasteiger partial charge in [-0.3, -0.25) is 14.9 Å². The number of hydrogen-bond donors (Lipinski definition) is 2. The third kappa shape index (κ3) is 6.66. The van der Waals surface area contributed by atoms with Gasteiger partial charge in [0.1, 0.15) is 0 Å². The van der Waals surface area contributed by atoms with E-state index in [-0.39, 0.29) is 29.0 Å². The lowest BCUT2D eigenvalue weighted by Gasteiger charge is -2.27. The molecule has 1 atom stereocenters. The number of carboxylic acid groups (broad SMARTS) is 1. The van der Waals surface area contributed by atoms with Crippen molar-refractivity contribution in [3.63, 3.8) is 0 Å². The smallest absolute Gasteiger partial charge is 0.335 e. The molecule has 0 aromatic heterocycles. The van der Waals surface area contributed by atoms with Crippen molar-refractivity contribution in [1.82, 2.24) is 5.32 Å². The summed E-state index contributed by atoms with van der Waals surface area (Å²) in [7, 11) is 0. The van der Waals surface area contributed by atoms with E-state index in [9.17, 15) is 24.8 Å². The molecule has 0 radical (unpaired) electrons. The van der Waals surface area contributed by atoms with Crippen molar-refractivity contribution in [2.24, 2.45) is 0 Å². The van der Waals surface area contributed by atoms with Gasteiger partial charge in [-0.2, -0.15) is 0 Å². The fraction of sp³-hybridized carbons (Fsp3) is 0.235. The summed E-state index contributed by atoms with van der Waals surface area (Å²) < 4.78 is 0. The Kier molecular flexibility index (Phi) is 8.62. The Bertz CT molecular complexity index is 1600. The first kappa shape index (κ1) is 28.5. The summed E-state index contributed by atoms with van der Waals surface area (Å²) in [4.78, 5) is 37.3. The molecule has 2 N–H and O–H groups in total. The van der Waals surface area contributed by atoms with Crippen LogP contribution in [0.5, 0.6) is 0 Å². The van der Waals surface area contributed by atoms with Crippen LogP contribution in [0.4, 0.5) is 5.69 Å². The number of carbonyl (C=O) groups excluding carboxylic acids is 1. The van der Waals surface area contributed by atoms with Crippen molar-refractivity contribution in [3.8, 4) is 11.1 Å². The summed E-state index contributed by atoms with van der Waals surface area (Å²) in [6.07, 6.45) is 2.95. The number of nitrogens with one attached hydrogen (secondary N) is 1. The standard InChI is InChI=1S/C34H33N3O5/c1-23(25-11-9-24(10-12-25)21-37(41)42)35-33(38)29-17-18-32-28(20-29)6-4-5-19-36(32)22-30-7-2-3-8-31(30)26-13-15-27(16-14-26)34(39)40/h2-3,7-18,20,23H,4-6,19,21-22H2,1H3,(H,35,38)(H,39,40)/t23-/m0/s1. The van der Waals surface area contributed by atoms with Crippen LogP contribution in [-0.4, -0.2) is 28.5 Å². The van der Waals surface area contributed by atoms with E-state index in [4.69, 9.17) is 0 Å². The minimum atomic E-state index is -0.942. The maximum Gasteiger partial charge on any atom is 0.335 e. The molecule has 0 fully saturated rings. The molecule has 8 nitrogen and oxygen atoms in total. The molecule has 214 valence electrons. The molecular weight excluding hydrogens is 530 g/mol. The van der Waals surface area contributed by atoms with Gasteiger partial charge in [0.2, 0.25) is 6.54 Å². The fourth-order valence-corrected chi connectivity index (χ4v) is 5.50. The van der Waals surface area contributed by atoms with E-state index < -0.39 is 5.97 Å².